The third-order valence-electron chi connectivity index (χ3n) is 3.50. The lowest BCUT2D eigenvalue weighted by Crippen LogP contribution is -2.41. The number of fused-ring (bicyclic) bond motifs is 1. The Morgan fingerprint density at radius 3 is 3.00 bits per heavy atom. The molecule has 0 unspecified atom stereocenters. The number of aromatic nitrogens is 1. The van der Waals surface area contributed by atoms with Crippen LogP contribution in [0.2, 0.25) is 0 Å². The fraction of sp³-hybridized carbons (Fsp3) is 0.188. The molecule has 0 saturated carbocycles. The van der Waals surface area contributed by atoms with E-state index in [0.717, 1.165) is 22.0 Å². The van der Waals surface area contributed by atoms with Crippen LogP contribution in [0.1, 0.15) is 11.1 Å². The summed E-state index contributed by atoms with van der Waals surface area (Å²) < 4.78 is 4.95. The molecule has 4 N–H and O–H groups in total. The van der Waals surface area contributed by atoms with Crippen molar-refractivity contribution in [2.75, 3.05) is 0 Å². The maximum atomic E-state index is 12.0. The van der Waals surface area contributed by atoms with E-state index < -0.39 is 6.04 Å². The van der Waals surface area contributed by atoms with Gasteiger partial charge in [-0.05, 0) is 24.1 Å². The van der Waals surface area contributed by atoms with Gasteiger partial charge in [0.2, 0.25) is 5.91 Å². The Morgan fingerprint density at radius 1 is 1.33 bits per heavy atom. The number of carbonyl (C=O) groups is 1. The molecule has 21 heavy (non-hydrogen) atoms. The third-order valence-corrected chi connectivity index (χ3v) is 3.50. The Bertz CT molecular complexity index is 731. The van der Waals surface area contributed by atoms with E-state index in [1.165, 1.54) is 0 Å². The van der Waals surface area contributed by atoms with E-state index in [-0.39, 0.29) is 5.91 Å². The number of H-pyrrole nitrogens is 1. The Hall–Kier alpha value is -2.53. The molecule has 0 bridgehead atoms. The summed E-state index contributed by atoms with van der Waals surface area (Å²) in [5.74, 6) is -0.165. The van der Waals surface area contributed by atoms with E-state index in [1.807, 2.05) is 36.5 Å². The van der Waals surface area contributed by atoms with Gasteiger partial charge < -0.3 is 20.5 Å². The summed E-state index contributed by atoms with van der Waals surface area (Å²) in [7, 11) is 0. The highest BCUT2D eigenvalue weighted by Gasteiger charge is 2.16. The summed E-state index contributed by atoms with van der Waals surface area (Å²) in [5.41, 5.74) is 9.02. The molecule has 1 amide bonds. The quantitative estimate of drug-likeness (QED) is 0.669. The minimum atomic E-state index is -0.573. The Balaban J connectivity index is 1.62. The highest BCUT2D eigenvalue weighted by atomic mass is 16.3. The van der Waals surface area contributed by atoms with Crippen molar-refractivity contribution in [3.05, 3.63) is 60.2 Å². The van der Waals surface area contributed by atoms with E-state index in [4.69, 9.17) is 10.2 Å². The van der Waals surface area contributed by atoms with Crippen LogP contribution >= 0.6 is 0 Å². The summed E-state index contributed by atoms with van der Waals surface area (Å²) in [6.45, 7) is 0.427. The van der Waals surface area contributed by atoms with Crippen LogP contribution in [0.3, 0.4) is 0 Å². The first kappa shape index (κ1) is 13.5. The van der Waals surface area contributed by atoms with Gasteiger partial charge in [-0.3, -0.25) is 4.79 Å². The zero-order valence-corrected chi connectivity index (χ0v) is 11.5. The monoisotopic (exact) mass is 283 g/mol. The van der Waals surface area contributed by atoms with Crippen molar-refractivity contribution in [2.45, 2.75) is 19.0 Å². The van der Waals surface area contributed by atoms with E-state index >= 15 is 0 Å². The number of benzene rings is 1. The number of para-hydroxylation sites is 1. The van der Waals surface area contributed by atoms with Crippen molar-refractivity contribution < 1.29 is 9.21 Å². The molecular weight excluding hydrogens is 266 g/mol. The number of aromatic amines is 1. The van der Waals surface area contributed by atoms with E-state index in [1.54, 1.807) is 12.5 Å². The second-order valence-corrected chi connectivity index (χ2v) is 5.02. The number of carbonyl (C=O) groups excluding carboxylic acids is 1. The molecule has 2 heterocycles. The minimum Gasteiger partial charge on any atom is -0.472 e. The van der Waals surface area contributed by atoms with Crippen molar-refractivity contribution in [1.29, 1.82) is 0 Å². The summed E-state index contributed by atoms with van der Waals surface area (Å²) in [6.07, 6.45) is 5.59. The summed E-state index contributed by atoms with van der Waals surface area (Å²) >= 11 is 0. The molecule has 0 aliphatic heterocycles. The molecule has 0 aliphatic carbocycles. The number of amides is 1. The van der Waals surface area contributed by atoms with Crippen LogP contribution in [0.5, 0.6) is 0 Å². The fourth-order valence-electron chi connectivity index (χ4n) is 2.34. The van der Waals surface area contributed by atoms with Crippen LogP contribution in [0, 0.1) is 0 Å². The first-order chi connectivity index (χ1) is 10.2. The zero-order chi connectivity index (χ0) is 14.7. The number of rotatable bonds is 5. The van der Waals surface area contributed by atoms with Crippen molar-refractivity contribution in [3.8, 4) is 0 Å². The maximum absolute atomic E-state index is 12.0. The lowest BCUT2D eigenvalue weighted by molar-refractivity contribution is -0.122. The highest BCUT2D eigenvalue weighted by Crippen LogP contribution is 2.18. The molecule has 2 aromatic heterocycles. The highest BCUT2D eigenvalue weighted by molar-refractivity contribution is 5.86. The standard InChI is InChI=1S/C16H17N3O2/c17-14(16(20)19-8-11-5-6-21-10-11)7-12-9-18-15-4-2-1-3-13(12)15/h1-6,9-10,14,18H,7-8,17H2,(H,19,20)/t14-/m0/s1. The van der Waals surface area contributed by atoms with Gasteiger partial charge in [0, 0.05) is 29.2 Å². The second-order valence-electron chi connectivity index (χ2n) is 5.02. The van der Waals surface area contributed by atoms with Gasteiger partial charge in [0.25, 0.3) is 0 Å². The van der Waals surface area contributed by atoms with Gasteiger partial charge in [0.1, 0.15) is 0 Å². The zero-order valence-electron chi connectivity index (χ0n) is 11.5. The van der Waals surface area contributed by atoms with Gasteiger partial charge in [-0.1, -0.05) is 18.2 Å². The normalized spacial score (nSPS) is 12.4. The summed E-state index contributed by atoms with van der Waals surface area (Å²) in [5, 5.41) is 3.92. The van der Waals surface area contributed by atoms with Crippen molar-refractivity contribution in [3.63, 3.8) is 0 Å². The van der Waals surface area contributed by atoms with Gasteiger partial charge >= 0.3 is 0 Å². The molecule has 3 rings (SSSR count). The summed E-state index contributed by atoms with van der Waals surface area (Å²) in [6, 6.07) is 9.22. The molecule has 0 spiro atoms. The van der Waals surface area contributed by atoms with Crippen molar-refractivity contribution >= 4 is 16.8 Å². The van der Waals surface area contributed by atoms with Crippen molar-refractivity contribution in [1.82, 2.24) is 10.3 Å². The number of hydrogen-bond donors (Lipinski definition) is 3. The molecular formula is C16H17N3O2. The largest absolute Gasteiger partial charge is 0.472 e. The molecule has 0 aliphatic rings. The Morgan fingerprint density at radius 2 is 2.19 bits per heavy atom. The maximum Gasteiger partial charge on any atom is 0.237 e. The first-order valence-electron chi connectivity index (χ1n) is 6.83. The predicted molar refractivity (Wildman–Crippen MR) is 80.5 cm³/mol. The molecule has 0 saturated heterocycles. The Kier molecular flexibility index (Phi) is 3.75. The molecule has 0 fully saturated rings. The van der Waals surface area contributed by atoms with Gasteiger partial charge in [-0.15, -0.1) is 0 Å². The molecule has 1 atom stereocenters. The van der Waals surface area contributed by atoms with Crippen LogP contribution in [-0.2, 0) is 17.8 Å². The van der Waals surface area contributed by atoms with Crippen LogP contribution in [0.25, 0.3) is 10.9 Å². The van der Waals surface area contributed by atoms with Gasteiger partial charge in [-0.2, -0.15) is 0 Å². The van der Waals surface area contributed by atoms with Crippen LogP contribution in [0.15, 0.2) is 53.5 Å². The Labute approximate surface area is 122 Å². The van der Waals surface area contributed by atoms with Crippen LogP contribution < -0.4 is 11.1 Å². The average Bonchev–Trinajstić information content (AvgIpc) is 3.15. The average molecular weight is 283 g/mol. The predicted octanol–water partition coefficient (Wildman–Crippen LogP) is 1.95. The molecule has 5 nitrogen and oxygen atoms in total. The number of furan rings is 1. The van der Waals surface area contributed by atoms with E-state index in [2.05, 4.69) is 10.3 Å². The van der Waals surface area contributed by atoms with Gasteiger partial charge in [-0.25, -0.2) is 0 Å². The molecule has 0 radical (unpaired) electrons. The number of hydrogen-bond acceptors (Lipinski definition) is 3. The lowest BCUT2D eigenvalue weighted by Gasteiger charge is -2.11. The second kappa shape index (κ2) is 5.85. The van der Waals surface area contributed by atoms with E-state index in [0.29, 0.717) is 13.0 Å². The number of nitrogens with one attached hydrogen (secondary N) is 2. The lowest BCUT2D eigenvalue weighted by atomic mass is 10.1. The van der Waals surface area contributed by atoms with Crippen molar-refractivity contribution in [2.24, 2.45) is 5.73 Å². The van der Waals surface area contributed by atoms with Crippen LogP contribution in [-0.4, -0.2) is 16.9 Å². The summed E-state index contributed by atoms with van der Waals surface area (Å²) in [4.78, 5) is 15.2. The number of nitrogens with two attached hydrogens (primary N) is 1. The van der Waals surface area contributed by atoms with Gasteiger partial charge in [0.15, 0.2) is 0 Å². The first-order valence-corrected chi connectivity index (χ1v) is 6.83. The fourth-order valence-corrected chi connectivity index (χ4v) is 2.34. The molecule has 1 aromatic carbocycles. The third kappa shape index (κ3) is 2.98. The minimum absolute atomic E-state index is 0.165. The van der Waals surface area contributed by atoms with Crippen LogP contribution in [0.4, 0.5) is 0 Å². The molecule has 108 valence electrons. The topological polar surface area (TPSA) is 84.0 Å². The molecule has 5 heteroatoms. The van der Waals surface area contributed by atoms with Gasteiger partial charge in [0.05, 0.1) is 18.6 Å². The smallest absolute Gasteiger partial charge is 0.237 e. The SMILES string of the molecule is N[C@@H](Cc1c[nH]c2ccccc12)C(=O)NCc1ccoc1. The van der Waals surface area contributed by atoms with E-state index in [9.17, 15) is 4.79 Å². The molecule has 3 aromatic rings.